The van der Waals surface area contributed by atoms with E-state index in [9.17, 15) is 4.79 Å². The first-order valence-electron chi connectivity index (χ1n) is 7.32. The molecule has 3 unspecified atom stereocenters. The standard InChI is InChI=1S/C16H24N2OS/c1-12(14-6-4-3-5-7-14)13(2)18-16(19)10-15-11-20-9-8-17-15/h3-7,12-13,15,17H,8-11H2,1-2H3,(H,18,19). The Morgan fingerprint density at radius 2 is 2.15 bits per heavy atom. The van der Waals surface area contributed by atoms with Crippen LogP contribution >= 0.6 is 11.8 Å². The Balaban J connectivity index is 1.81. The van der Waals surface area contributed by atoms with Gasteiger partial charge in [-0.2, -0.15) is 11.8 Å². The van der Waals surface area contributed by atoms with E-state index in [2.05, 4.69) is 36.6 Å². The Kier molecular flexibility index (Phi) is 5.92. The van der Waals surface area contributed by atoms with E-state index in [1.165, 1.54) is 5.56 Å². The van der Waals surface area contributed by atoms with E-state index >= 15 is 0 Å². The molecule has 0 aliphatic carbocycles. The summed E-state index contributed by atoms with van der Waals surface area (Å²) < 4.78 is 0. The molecule has 1 aromatic rings. The lowest BCUT2D eigenvalue weighted by Gasteiger charge is -2.25. The minimum absolute atomic E-state index is 0.153. The second kappa shape index (κ2) is 7.70. The molecule has 1 saturated heterocycles. The molecule has 0 bridgehead atoms. The fourth-order valence-electron chi connectivity index (χ4n) is 2.46. The topological polar surface area (TPSA) is 41.1 Å². The van der Waals surface area contributed by atoms with Gasteiger partial charge in [-0.25, -0.2) is 0 Å². The molecule has 2 rings (SSSR count). The van der Waals surface area contributed by atoms with Crippen molar-refractivity contribution in [3.63, 3.8) is 0 Å². The first kappa shape index (κ1) is 15.4. The van der Waals surface area contributed by atoms with Crippen molar-refractivity contribution in [3.8, 4) is 0 Å². The van der Waals surface area contributed by atoms with Crippen LogP contribution in [0.5, 0.6) is 0 Å². The van der Waals surface area contributed by atoms with Crippen molar-refractivity contribution in [3.05, 3.63) is 35.9 Å². The van der Waals surface area contributed by atoms with Gasteiger partial charge in [0.2, 0.25) is 5.91 Å². The van der Waals surface area contributed by atoms with Crippen LogP contribution in [0.2, 0.25) is 0 Å². The van der Waals surface area contributed by atoms with Gasteiger partial charge in [0, 0.05) is 42.5 Å². The molecule has 1 amide bonds. The van der Waals surface area contributed by atoms with Gasteiger partial charge in [-0.1, -0.05) is 37.3 Å². The Labute approximate surface area is 125 Å². The molecule has 1 heterocycles. The van der Waals surface area contributed by atoms with Crippen LogP contribution in [-0.4, -0.2) is 36.0 Å². The highest BCUT2D eigenvalue weighted by molar-refractivity contribution is 7.99. The van der Waals surface area contributed by atoms with Crippen LogP contribution in [0.25, 0.3) is 0 Å². The Hall–Kier alpha value is -1.00. The van der Waals surface area contributed by atoms with Gasteiger partial charge in [0.05, 0.1) is 0 Å². The average Bonchev–Trinajstić information content (AvgIpc) is 2.48. The van der Waals surface area contributed by atoms with Crippen molar-refractivity contribution in [1.29, 1.82) is 0 Å². The Bertz CT molecular complexity index is 418. The number of carbonyl (C=O) groups excluding carboxylic acids is 1. The SMILES string of the molecule is CC(NC(=O)CC1CSCCN1)C(C)c1ccccc1. The monoisotopic (exact) mass is 292 g/mol. The first-order chi connectivity index (χ1) is 9.66. The Morgan fingerprint density at radius 1 is 1.40 bits per heavy atom. The van der Waals surface area contributed by atoms with E-state index in [0.29, 0.717) is 18.4 Å². The van der Waals surface area contributed by atoms with E-state index in [1.807, 2.05) is 30.0 Å². The summed E-state index contributed by atoms with van der Waals surface area (Å²) in [5.41, 5.74) is 1.27. The van der Waals surface area contributed by atoms with Gasteiger partial charge in [0.25, 0.3) is 0 Å². The van der Waals surface area contributed by atoms with Crippen LogP contribution in [0.3, 0.4) is 0 Å². The molecule has 1 aliphatic rings. The second-order valence-corrected chi connectivity index (χ2v) is 6.64. The zero-order chi connectivity index (χ0) is 14.4. The summed E-state index contributed by atoms with van der Waals surface area (Å²) in [6, 6.07) is 10.8. The average molecular weight is 292 g/mol. The lowest BCUT2D eigenvalue weighted by atomic mass is 9.94. The van der Waals surface area contributed by atoms with E-state index in [-0.39, 0.29) is 11.9 Å². The number of rotatable bonds is 5. The summed E-state index contributed by atoms with van der Waals surface area (Å²) in [5, 5.41) is 6.54. The zero-order valence-electron chi connectivity index (χ0n) is 12.3. The summed E-state index contributed by atoms with van der Waals surface area (Å²) in [5.74, 6) is 2.67. The third-order valence-electron chi connectivity index (χ3n) is 3.89. The molecule has 1 aliphatic heterocycles. The molecule has 0 saturated carbocycles. The quantitative estimate of drug-likeness (QED) is 0.875. The minimum atomic E-state index is 0.153. The molecule has 1 fully saturated rings. The molecule has 4 heteroatoms. The van der Waals surface area contributed by atoms with Crippen LogP contribution in [0, 0.1) is 0 Å². The lowest BCUT2D eigenvalue weighted by Crippen LogP contribution is -2.44. The third kappa shape index (κ3) is 4.53. The normalized spacial score (nSPS) is 22.0. The fraction of sp³-hybridized carbons (Fsp3) is 0.562. The Morgan fingerprint density at radius 3 is 2.80 bits per heavy atom. The molecular formula is C16H24N2OS. The maximum Gasteiger partial charge on any atom is 0.221 e. The van der Waals surface area contributed by atoms with Crippen LogP contribution < -0.4 is 10.6 Å². The maximum absolute atomic E-state index is 12.1. The van der Waals surface area contributed by atoms with E-state index in [1.54, 1.807) is 0 Å². The molecule has 1 aromatic carbocycles. The number of nitrogens with one attached hydrogen (secondary N) is 2. The van der Waals surface area contributed by atoms with Gasteiger partial charge in [0.15, 0.2) is 0 Å². The number of amides is 1. The number of benzene rings is 1. The van der Waals surface area contributed by atoms with Gasteiger partial charge in [-0.3, -0.25) is 4.79 Å². The molecule has 2 N–H and O–H groups in total. The van der Waals surface area contributed by atoms with E-state index in [4.69, 9.17) is 0 Å². The highest BCUT2D eigenvalue weighted by Gasteiger charge is 2.20. The molecule has 110 valence electrons. The predicted octanol–water partition coefficient (Wildman–Crippen LogP) is 2.39. The van der Waals surface area contributed by atoms with Crippen molar-refractivity contribution < 1.29 is 4.79 Å². The predicted molar refractivity (Wildman–Crippen MR) is 86.2 cm³/mol. The summed E-state index contributed by atoms with van der Waals surface area (Å²) in [4.78, 5) is 12.1. The van der Waals surface area contributed by atoms with E-state index in [0.717, 1.165) is 18.1 Å². The second-order valence-electron chi connectivity index (χ2n) is 5.49. The van der Waals surface area contributed by atoms with Crippen molar-refractivity contribution in [2.45, 2.75) is 38.3 Å². The minimum Gasteiger partial charge on any atom is -0.353 e. The van der Waals surface area contributed by atoms with Crippen molar-refractivity contribution in [1.82, 2.24) is 10.6 Å². The lowest BCUT2D eigenvalue weighted by molar-refractivity contribution is -0.122. The number of hydrogen-bond donors (Lipinski definition) is 2. The van der Waals surface area contributed by atoms with Crippen LogP contribution in [0.4, 0.5) is 0 Å². The molecule has 0 aromatic heterocycles. The number of carbonyl (C=O) groups is 1. The number of hydrogen-bond acceptors (Lipinski definition) is 3. The highest BCUT2D eigenvalue weighted by Crippen LogP contribution is 2.19. The smallest absolute Gasteiger partial charge is 0.221 e. The van der Waals surface area contributed by atoms with E-state index < -0.39 is 0 Å². The van der Waals surface area contributed by atoms with Gasteiger partial charge >= 0.3 is 0 Å². The van der Waals surface area contributed by atoms with Gasteiger partial charge < -0.3 is 10.6 Å². The van der Waals surface area contributed by atoms with Gasteiger partial charge in [-0.05, 0) is 12.5 Å². The third-order valence-corrected chi connectivity index (χ3v) is 5.03. The maximum atomic E-state index is 12.1. The molecule has 20 heavy (non-hydrogen) atoms. The summed E-state index contributed by atoms with van der Waals surface area (Å²) >= 11 is 1.92. The molecule has 0 radical (unpaired) electrons. The van der Waals surface area contributed by atoms with Crippen LogP contribution in [0.15, 0.2) is 30.3 Å². The fourth-order valence-corrected chi connectivity index (χ4v) is 3.41. The molecule has 0 spiro atoms. The first-order valence-corrected chi connectivity index (χ1v) is 8.47. The zero-order valence-corrected chi connectivity index (χ0v) is 13.1. The molecular weight excluding hydrogens is 268 g/mol. The van der Waals surface area contributed by atoms with Crippen LogP contribution in [-0.2, 0) is 4.79 Å². The summed E-state index contributed by atoms with van der Waals surface area (Å²) in [6.45, 7) is 5.26. The summed E-state index contributed by atoms with van der Waals surface area (Å²) in [6.07, 6.45) is 0.582. The van der Waals surface area contributed by atoms with Crippen molar-refractivity contribution >= 4 is 17.7 Å². The number of thioether (sulfide) groups is 1. The highest BCUT2D eigenvalue weighted by atomic mass is 32.2. The van der Waals surface area contributed by atoms with Gasteiger partial charge in [0.1, 0.15) is 0 Å². The van der Waals surface area contributed by atoms with Crippen molar-refractivity contribution in [2.24, 2.45) is 0 Å². The van der Waals surface area contributed by atoms with Crippen molar-refractivity contribution in [2.75, 3.05) is 18.1 Å². The largest absolute Gasteiger partial charge is 0.353 e. The molecule has 3 atom stereocenters. The molecule has 3 nitrogen and oxygen atoms in total. The summed E-state index contributed by atoms with van der Waals surface area (Å²) in [7, 11) is 0. The van der Waals surface area contributed by atoms with Crippen LogP contribution in [0.1, 0.15) is 31.7 Å². The van der Waals surface area contributed by atoms with Gasteiger partial charge in [-0.15, -0.1) is 0 Å².